The third-order valence-electron chi connectivity index (χ3n) is 3.85. The van der Waals surface area contributed by atoms with Gasteiger partial charge in [-0.05, 0) is 19.1 Å². The summed E-state index contributed by atoms with van der Waals surface area (Å²) in [6, 6.07) is 8.64. The fourth-order valence-corrected chi connectivity index (χ4v) is 3.40. The highest BCUT2D eigenvalue weighted by Crippen LogP contribution is 2.24. The number of Topliss-reactive ketones (excluding diaryl/α,β-unsaturated/α-hetero) is 1. The van der Waals surface area contributed by atoms with Crippen molar-refractivity contribution >= 4 is 28.7 Å². The Kier molecular flexibility index (Phi) is 6.90. The summed E-state index contributed by atoms with van der Waals surface area (Å²) in [7, 11) is 0. The molecule has 2 aromatic rings. The van der Waals surface area contributed by atoms with E-state index in [1.807, 2.05) is 6.92 Å². The van der Waals surface area contributed by atoms with Crippen molar-refractivity contribution in [3.63, 3.8) is 0 Å². The molecule has 28 heavy (non-hydrogen) atoms. The highest BCUT2D eigenvalue weighted by Gasteiger charge is 2.34. The van der Waals surface area contributed by atoms with Crippen molar-refractivity contribution in [2.24, 2.45) is 0 Å². The Balaban J connectivity index is 2.13. The van der Waals surface area contributed by atoms with Gasteiger partial charge in [-0.25, -0.2) is 0 Å². The van der Waals surface area contributed by atoms with Crippen molar-refractivity contribution in [3.8, 4) is 0 Å². The Morgan fingerprint density at radius 2 is 1.82 bits per heavy atom. The van der Waals surface area contributed by atoms with Gasteiger partial charge in [0.1, 0.15) is 6.54 Å². The van der Waals surface area contributed by atoms with E-state index < -0.39 is 36.5 Å². The third kappa shape index (κ3) is 6.15. The van der Waals surface area contributed by atoms with Gasteiger partial charge in [-0.15, -0.1) is 11.3 Å². The number of halogens is 3. The maximum absolute atomic E-state index is 12.9. The molecular weight excluding hydrogens is 397 g/mol. The Morgan fingerprint density at radius 1 is 1.14 bits per heavy atom. The highest BCUT2D eigenvalue weighted by atomic mass is 32.1. The molecule has 0 aliphatic carbocycles. The van der Waals surface area contributed by atoms with Crippen LogP contribution in [0.2, 0.25) is 0 Å². The molecule has 1 amide bonds. The lowest BCUT2D eigenvalue weighted by molar-refractivity contribution is -0.385. The zero-order valence-corrected chi connectivity index (χ0v) is 15.7. The third-order valence-corrected chi connectivity index (χ3v) is 4.90. The van der Waals surface area contributed by atoms with Crippen LogP contribution in [0.15, 0.2) is 36.4 Å². The van der Waals surface area contributed by atoms with Crippen molar-refractivity contribution < 1.29 is 27.7 Å². The summed E-state index contributed by atoms with van der Waals surface area (Å²) in [5.74, 6) is -1.22. The number of amides is 1. The highest BCUT2D eigenvalue weighted by molar-refractivity contribution is 7.14. The molecule has 2 rings (SSSR count). The molecule has 6 nitrogen and oxygen atoms in total. The van der Waals surface area contributed by atoms with E-state index in [2.05, 4.69) is 0 Å². The fraction of sp³-hybridized carbons (Fsp3) is 0.333. The number of alkyl halides is 3. The van der Waals surface area contributed by atoms with Crippen molar-refractivity contribution in [1.29, 1.82) is 0 Å². The molecule has 0 fully saturated rings. The number of benzene rings is 1. The minimum Gasteiger partial charge on any atom is -0.329 e. The lowest BCUT2D eigenvalue weighted by Gasteiger charge is -2.24. The Bertz CT molecular complexity index is 880. The number of hydrogen-bond acceptors (Lipinski definition) is 5. The molecule has 0 spiro atoms. The van der Waals surface area contributed by atoms with Crippen molar-refractivity contribution in [1.82, 2.24) is 4.90 Å². The number of hydrogen-bond donors (Lipinski definition) is 0. The number of nitrogens with zero attached hydrogens (tertiary/aromatic N) is 2. The predicted molar refractivity (Wildman–Crippen MR) is 97.2 cm³/mol. The summed E-state index contributed by atoms with van der Waals surface area (Å²) in [6.45, 7) is -0.309. The van der Waals surface area contributed by atoms with Crippen molar-refractivity contribution in [2.45, 2.75) is 32.5 Å². The standard InChI is InChI=1S/C18H17F3N2O4S/c1-12-6-8-16(28-12)15(24)7-9-17(25)22(11-18(19,20)21)10-13-4-2-3-5-14(13)23(26)27/h2-6,8H,7,9-11H2,1H3. The summed E-state index contributed by atoms with van der Waals surface area (Å²) in [4.78, 5) is 36.6. The zero-order valence-electron chi connectivity index (χ0n) is 14.9. The molecule has 0 atom stereocenters. The number of nitro benzene ring substituents is 1. The predicted octanol–water partition coefficient (Wildman–Crippen LogP) is 4.52. The van der Waals surface area contributed by atoms with E-state index in [1.54, 1.807) is 12.1 Å². The summed E-state index contributed by atoms with van der Waals surface area (Å²) >= 11 is 1.24. The van der Waals surface area contributed by atoms with Crippen LogP contribution in [0, 0.1) is 17.0 Å². The number of aryl methyl sites for hydroxylation is 1. The van der Waals surface area contributed by atoms with E-state index in [9.17, 15) is 32.9 Å². The number of ketones is 1. The second-order valence-electron chi connectivity index (χ2n) is 6.08. The first-order chi connectivity index (χ1) is 13.1. The van der Waals surface area contributed by atoms with Crippen molar-refractivity contribution in [3.05, 3.63) is 61.8 Å². The largest absolute Gasteiger partial charge is 0.406 e. The molecule has 0 unspecified atom stereocenters. The van der Waals surface area contributed by atoms with Crippen LogP contribution in [0.5, 0.6) is 0 Å². The molecule has 0 bridgehead atoms. The van der Waals surface area contributed by atoms with Crippen LogP contribution in [0.25, 0.3) is 0 Å². The zero-order chi connectivity index (χ0) is 20.9. The molecule has 1 heterocycles. The van der Waals surface area contributed by atoms with Gasteiger partial charge in [0.05, 0.1) is 16.3 Å². The van der Waals surface area contributed by atoms with Crippen LogP contribution in [-0.4, -0.2) is 34.2 Å². The number of para-hydroxylation sites is 1. The van der Waals surface area contributed by atoms with Gasteiger partial charge in [0.25, 0.3) is 5.69 Å². The van der Waals surface area contributed by atoms with Crippen LogP contribution < -0.4 is 0 Å². The first-order valence-corrected chi connectivity index (χ1v) is 9.05. The average molecular weight is 414 g/mol. The number of carbonyl (C=O) groups excluding carboxylic acids is 2. The van der Waals surface area contributed by atoms with E-state index in [-0.39, 0.29) is 23.5 Å². The van der Waals surface area contributed by atoms with Crippen molar-refractivity contribution in [2.75, 3.05) is 6.54 Å². The van der Waals surface area contributed by atoms with Gasteiger partial charge < -0.3 is 4.90 Å². The van der Waals surface area contributed by atoms with Crippen LogP contribution in [0.4, 0.5) is 18.9 Å². The normalized spacial score (nSPS) is 11.3. The Labute approximate surface area is 162 Å². The van der Waals surface area contributed by atoms with Gasteiger partial charge in [0.2, 0.25) is 5.91 Å². The SMILES string of the molecule is Cc1ccc(C(=O)CCC(=O)N(Cc2ccccc2[N+](=O)[O-])CC(F)(F)F)s1. The van der Waals surface area contributed by atoms with E-state index in [4.69, 9.17) is 0 Å². The Morgan fingerprint density at radius 3 is 2.39 bits per heavy atom. The number of nitro groups is 1. The molecule has 0 saturated heterocycles. The molecule has 0 radical (unpaired) electrons. The second kappa shape index (κ2) is 8.96. The summed E-state index contributed by atoms with van der Waals surface area (Å²) in [5.41, 5.74) is -0.377. The van der Waals surface area contributed by atoms with Crippen LogP contribution >= 0.6 is 11.3 Å². The van der Waals surface area contributed by atoms with Gasteiger partial charge in [-0.2, -0.15) is 13.2 Å². The molecule has 150 valence electrons. The van der Waals surface area contributed by atoms with Gasteiger partial charge in [0.15, 0.2) is 5.78 Å². The average Bonchev–Trinajstić information content (AvgIpc) is 3.04. The topological polar surface area (TPSA) is 80.5 Å². The summed E-state index contributed by atoms with van der Waals surface area (Å²) in [6.07, 6.45) is -5.31. The minimum absolute atomic E-state index is 0.00897. The van der Waals surface area contributed by atoms with E-state index >= 15 is 0 Å². The quantitative estimate of drug-likeness (QED) is 0.361. The van der Waals surface area contributed by atoms with Gasteiger partial charge >= 0.3 is 6.18 Å². The van der Waals surface area contributed by atoms with Gasteiger partial charge in [-0.3, -0.25) is 19.7 Å². The summed E-state index contributed by atoms with van der Waals surface area (Å²) in [5, 5.41) is 11.1. The van der Waals surface area contributed by atoms with E-state index in [0.29, 0.717) is 9.78 Å². The molecule has 0 N–H and O–H groups in total. The monoisotopic (exact) mass is 414 g/mol. The molecular formula is C18H17F3N2O4S. The molecule has 1 aromatic carbocycles. The molecule has 0 aliphatic heterocycles. The Hall–Kier alpha value is -2.75. The van der Waals surface area contributed by atoms with Gasteiger partial charge in [0, 0.05) is 29.3 Å². The van der Waals surface area contributed by atoms with Gasteiger partial charge in [-0.1, -0.05) is 18.2 Å². The first kappa shape index (κ1) is 21.5. The van der Waals surface area contributed by atoms with Crippen LogP contribution in [0.1, 0.15) is 33.0 Å². The van der Waals surface area contributed by atoms with E-state index in [1.165, 1.54) is 29.5 Å². The van der Waals surface area contributed by atoms with Crippen LogP contribution in [-0.2, 0) is 11.3 Å². The number of rotatable bonds is 8. The molecule has 1 aromatic heterocycles. The molecule has 0 aliphatic rings. The maximum Gasteiger partial charge on any atom is 0.406 e. The van der Waals surface area contributed by atoms with E-state index in [0.717, 1.165) is 10.9 Å². The molecule has 10 heteroatoms. The lowest BCUT2D eigenvalue weighted by atomic mass is 10.1. The second-order valence-corrected chi connectivity index (χ2v) is 7.37. The first-order valence-electron chi connectivity index (χ1n) is 8.23. The molecule has 0 saturated carbocycles. The smallest absolute Gasteiger partial charge is 0.329 e. The van der Waals surface area contributed by atoms with Crippen LogP contribution in [0.3, 0.4) is 0 Å². The number of carbonyl (C=O) groups is 2. The summed E-state index contributed by atoms with van der Waals surface area (Å²) < 4.78 is 38.7. The maximum atomic E-state index is 12.9. The lowest BCUT2D eigenvalue weighted by Crippen LogP contribution is -2.38. The number of thiophene rings is 1. The fourth-order valence-electron chi connectivity index (χ4n) is 2.56. The minimum atomic E-state index is -4.67.